The highest BCUT2D eigenvalue weighted by Crippen LogP contribution is 2.24. The number of piperidine rings is 1. The molecule has 1 aliphatic rings. The lowest BCUT2D eigenvalue weighted by Crippen LogP contribution is -2.39. The minimum Gasteiger partial charge on any atom is -0.478 e. The van der Waals surface area contributed by atoms with E-state index in [4.69, 9.17) is 0 Å². The van der Waals surface area contributed by atoms with E-state index in [2.05, 4.69) is 9.97 Å². The Morgan fingerprint density at radius 1 is 1.17 bits per heavy atom. The summed E-state index contributed by atoms with van der Waals surface area (Å²) < 4.78 is 0. The first-order valence-electron chi connectivity index (χ1n) is 8.01. The normalized spacial score (nSPS) is 15.2. The molecule has 0 radical (unpaired) electrons. The molecule has 24 heavy (non-hydrogen) atoms. The van der Waals surface area contributed by atoms with Crippen LogP contribution in [0.3, 0.4) is 0 Å². The van der Waals surface area contributed by atoms with E-state index in [0.29, 0.717) is 30.3 Å². The van der Waals surface area contributed by atoms with E-state index in [1.807, 2.05) is 12.1 Å². The van der Waals surface area contributed by atoms with Gasteiger partial charge in [0.25, 0.3) is 5.91 Å². The summed E-state index contributed by atoms with van der Waals surface area (Å²) in [6, 6.07) is 7.13. The average Bonchev–Trinajstić information content (AvgIpc) is 2.63. The predicted molar refractivity (Wildman–Crippen MR) is 87.8 cm³/mol. The molecule has 1 saturated heterocycles. The molecule has 124 valence electrons. The van der Waals surface area contributed by atoms with Crippen molar-refractivity contribution in [1.29, 1.82) is 0 Å². The number of benzene rings is 1. The molecule has 6 nitrogen and oxygen atoms in total. The summed E-state index contributed by atoms with van der Waals surface area (Å²) in [6.07, 6.45) is 7.00. The quantitative estimate of drug-likeness (QED) is 0.932. The first-order chi connectivity index (χ1) is 11.6. The molecule has 0 atom stereocenters. The third-order valence-corrected chi connectivity index (χ3v) is 4.44. The Morgan fingerprint density at radius 2 is 1.92 bits per heavy atom. The number of likely N-dealkylation sites (tertiary alicyclic amines) is 1. The van der Waals surface area contributed by atoms with Gasteiger partial charge in [0.1, 0.15) is 5.69 Å². The van der Waals surface area contributed by atoms with Crippen molar-refractivity contribution < 1.29 is 14.7 Å². The van der Waals surface area contributed by atoms with Gasteiger partial charge in [-0.1, -0.05) is 18.2 Å². The zero-order valence-electron chi connectivity index (χ0n) is 13.3. The number of carbonyl (C=O) groups is 2. The number of nitrogens with zero attached hydrogens (tertiary/aromatic N) is 3. The van der Waals surface area contributed by atoms with Crippen LogP contribution in [0.2, 0.25) is 0 Å². The Bertz CT molecular complexity index is 725. The molecule has 1 aromatic heterocycles. The second-order valence-corrected chi connectivity index (χ2v) is 5.99. The Kier molecular flexibility index (Phi) is 4.84. The van der Waals surface area contributed by atoms with Crippen LogP contribution in [0.4, 0.5) is 0 Å². The largest absolute Gasteiger partial charge is 0.478 e. The lowest BCUT2D eigenvalue weighted by Gasteiger charge is -2.32. The summed E-state index contributed by atoms with van der Waals surface area (Å²) in [4.78, 5) is 33.4. The maximum absolute atomic E-state index is 12.4. The lowest BCUT2D eigenvalue weighted by atomic mass is 9.88. The molecule has 1 aromatic carbocycles. The van der Waals surface area contributed by atoms with Crippen LogP contribution in [0.5, 0.6) is 0 Å². The molecule has 0 unspecified atom stereocenters. The Labute approximate surface area is 140 Å². The van der Waals surface area contributed by atoms with Crippen molar-refractivity contribution in [3.8, 4) is 0 Å². The zero-order valence-corrected chi connectivity index (χ0v) is 13.3. The third-order valence-electron chi connectivity index (χ3n) is 4.44. The highest BCUT2D eigenvalue weighted by atomic mass is 16.4. The summed E-state index contributed by atoms with van der Waals surface area (Å²) in [6.45, 7) is 1.32. The van der Waals surface area contributed by atoms with Gasteiger partial charge in [-0.3, -0.25) is 9.78 Å². The minimum absolute atomic E-state index is 0.0903. The lowest BCUT2D eigenvalue weighted by molar-refractivity contribution is 0.0684. The van der Waals surface area contributed by atoms with Gasteiger partial charge in [-0.15, -0.1) is 0 Å². The molecule has 2 heterocycles. The van der Waals surface area contributed by atoms with E-state index in [1.165, 1.54) is 12.4 Å². The molecule has 6 heteroatoms. The second kappa shape index (κ2) is 7.21. The van der Waals surface area contributed by atoms with E-state index in [9.17, 15) is 14.7 Å². The van der Waals surface area contributed by atoms with Gasteiger partial charge in [-0.25, -0.2) is 9.78 Å². The van der Waals surface area contributed by atoms with Gasteiger partial charge in [0, 0.05) is 25.5 Å². The van der Waals surface area contributed by atoms with Gasteiger partial charge in [0.15, 0.2) is 0 Å². The third kappa shape index (κ3) is 3.59. The van der Waals surface area contributed by atoms with Crippen LogP contribution in [0.1, 0.15) is 39.3 Å². The summed E-state index contributed by atoms with van der Waals surface area (Å²) in [5, 5.41) is 9.27. The Morgan fingerprint density at radius 3 is 2.58 bits per heavy atom. The number of rotatable bonds is 4. The standard InChI is InChI=1S/C18H19N3O3/c22-17(16-12-19-7-8-20-16)21-9-5-13(6-10-21)11-14-3-1-2-4-15(14)18(23)24/h1-4,7-8,12-13H,5-6,9-11H2,(H,23,24). The molecule has 2 aromatic rings. The molecule has 1 fully saturated rings. The van der Waals surface area contributed by atoms with Crippen molar-refractivity contribution in [2.75, 3.05) is 13.1 Å². The van der Waals surface area contributed by atoms with Gasteiger partial charge in [0.05, 0.1) is 11.8 Å². The molecule has 0 aliphatic carbocycles. The first-order valence-corrected chi connectivity index (χ1v) is 8.01. The molecule has 1 amide bonds. The highest BCUT2D eigenvalue weighted by Gasteiger charge is 2.25. The minimum atomic E-state index is -0.888. The number of hydrogen-bond acceptors (Lipinski definition) is 4. The number of aromatic nitrogens is 2. The van der Waals surface area contributed by atoms with Crippen molar-refractivity contribution in [3.63, 3.8) is 0 Å². The topological polar surface area (TPSA) is 83.4 Å². The molecule has 0 spiro atoms. The fraction of sp³-hybridized carbons (Fsp3) is 0.333. The molecular weight excluding hydrogens is 306 g/mol. The van der Waals surface area contributed by atoms with Crippen molar-refractivity contribution in [2.45, 2.75) is 19.3 Å². The van der Waals surface area contributed by atoms with Crippen LogP contribution < -0.4 is 0 Å². The molecule has 1 aliphatic heterocycles. The maximum atomic E-state index is 12.4. The van der Waals surface area contributed by atoms with Crippen LogP contribution in [-0.4, -0.2) is 44.9 Å². The summed E-state index contributed by atoms with van der Waals surface area (Å²) in [5.74, 6) is -0.593. The summed E-state index contributed by atoms with van der Waals surface area (Å²) in [5.41, 5.74) is 1.60. The fourth-order valence-corrected chi connectivity index (χ4v) is 3.13. The van der Waals surface area contributed by atoms with Crippen LogP contribution in [0, 0.1) is 5.92 Å². The smallest absolute Gasteiger partial charge is 0.335 e. The van der Waals surface area contributed by atoms with Gasteiger partial charge < -0.3 is 10.0 Å². The Balaban J connectivity index is 1.60. The first kappa shape index (κ1) is 16.1. The van der Waals surface area contributed by atoms with Crippen LogP contribution in [0.25, 0.3) is 0 Å². The van der Waals surface area contributed by atoms with E-state index < -0.39 is 5.97 Å². The predicted octanol–water partition coefficient (Wildman–Crippen LogP) is 2.27. The van der Waals surface area contributed by atoms with E-state index in [1.54, 1.807) is 23.2 Å². The van der Waals surface area contributed by atoms with Crippen LogP contribution in [-0.2, 0) is 6.42 Å². The van der Waals surface area contributed by atoms with Crippen molar-refractivity contribution in [2.24, 2.45) is 5.92 Å². The van der Waals surface area contributed by atoms with E-state index >= 15 is 0 Å². The second-order valence-electron chi connectivity index (χ2n) is 5.99. The van der Waals surface area contributed by atoms with Gasteiger partial charge in [-0.2, -0.15) is 0 Å². The van der Waals surface area contributed by atoms with Crippen LogP contribution in [0.15, 0.2) is 42.9 Å². The average molecular weight is 325 g/mol. The van der Waals surface area contributed by atoms with E-state index in [0.717, 1.165) is 24.8 Å². The summed E-state index contributed by atoms with van der Waals surface area (Å²) in [7, 11) is 0. The number of carbonyl (C=O) groups excluding carboxylic acids is 1. The number of carboxylic acid groups (broad SMARTS) is 1. The zero-order chi connectivity index (χ0) is 16.9. The number of aromatic carboxylic acids is 1. The molecule has 0 saturated carbocycles. The number of amides is 1. The molecule has 3 rings (SSSR count). The summed E-state index contributed by atoms with van der Waals surface area (Å²) >= 11 is 0. The molecular formula is C18H19N3O3. The highest BCUT2D eigenvalue weighted by molar-refractivity contribution is 5.92. The maximum Gasteiger partial charge on any atom is 0.335 e. The number of hydrogen-bond donors (Lipinski definition) is 1. The Hall–Kier alpha value is -2.76. The van der Waals surface area contributed by atoms with Gasteiger partial charge in [0.2, 0.25) is 0 Å². The fourth-order valence-electron chi connectivity index (χ4n) is 3.13. The van der Waals surface area contributed by atoms with Gasteiger partial charge >= 0.3 is 5.97 Å². The van der Waals surface area contributed by atoms with Crippen molar-refractivity contribution in [1.82, 2.24) is 14.9 Å². The van der Waals surface area contributed by atoms with Crippen LogP contribution >= 0.6 is 0 Å². The number of carboxylic acids is 1. The molecule has 0 bridgehead atoms. The van der Waals surface area contributed by atoms with Crippen molar-refractivity contribution >= 4 is 11.9 Å². The SMILES string of the molecule is O=C(O)c1ccccc1CC1CCN(C(=O)c2cnccn2)CC1. The van der Waals surface area contributed by atoms with Crippen molar-refractivity contribution in [3.05, 3.63) is 59.7 Å². The van der Waals surface area contributed by atoms with Gasteiger partial charge in [-0.05, 0) is 36.8 Å². The monoisotopic (exact) mass is 325 g/mol. The van der Waals surface area contributed by atoms with E-state index in [-0.39, 0.29) is 5.91 Å². The molecule has 1 N–H and O–H groups in total.